The first kappa shape index (κ1) is 15.6. The highest BCUT2D eigenvalue weighted by Gasteiger charge is 2.23. The molecule has 0 radical (unpaired) electrons. The zero-order valence-electron chi connectivity index (χ0n) is 12.0. The summed E-state index contributed by atoms with van der Waals surface area (Å²) in [6, 6.07) is 9.63. The zero-order chi connectivity index (χ0) is 16.6. The highest BCUT2D eigenvalue weighted by molar-refractivity contribution is 6.37. The lowest BCUT2D eigenvalue weighted by atomic mass is 10.2. The number of nitrogens with one attached hydrogen (secondary N) is 2. The third-order valence-corrected chi connectivity index (χ3v) is 3.89. The minimum absolute atomic E-state index is 0.235. The summed E-state index contributed by atoms with van der Waals surface area (Å²) in [4.78, 5) is 23.9. The molecule has 1 atom stereocenters. The van der Waals surface area contributed by atoms with Gasteiger partial charge in [0.15, 0.2) is 6.10 Å². The van der Waals surface area contributed by atoms with Crippen molar-refractivity contribution in [2.45, 2.75) is 13.0 Å². The van der Waals surface area contributed by atoms with Crippen molar-refractivity contribution in [1.82, 2.24) is 0 Å². The van der Waals surface area contributed by atoms with Gasteiger partial charge in [0.25, 0.3) is 11.8 Å². The molecule has 0 saturated carbocycles. The number of hydrogen-bond donors (Lipinski definition) is 2. The second kappa shape index (κ2) is 6.10. The molecule has 2 amide bonds. The first-order valence-corrected chi connectivity index (χ1v) is 7.57. The minimum atomic E-state index is -0.546. The molecule has 1 heterocycles. The molecular weight excluding hydrogens is 339 g/mol. The Kier molecular flexibility index (Phi) is 4.15. The van der Waals surface area contributed by atoms with Gasteiger partial charge in [0.05, 0.1) is 16.3 Å². The van der Waals surface area contributed by atoms with Crippen LogP contribution in [0.15, 0.2) is 36.4 Å². The van der Waals surface area contributed by atoms with Crippen LogP contribution in [0.2, 0.25) is 10.0 Å². The van der Waals surface area contributed by atoms with Crippen LogP contribution >= 0.6 is 23.2 Å². The van der Waals surface area contributed by atoms with E-state index >= 15 is 0 Å². The van der Waals surface area contributed by atoms with Crippen LogP contribution in [-0.2, 0) is 4.79 Å². The summed E-state index contributed by atoms with van der Waals surface area (Å²) in [7, 11) is 0. The normalized spacial score (nSPS) is 16.1. The Morgan fingerprint density at radius 1 is 1.22 bits per heavy atom. The predicted molar refractivity (Wildman–Crippen MR) is 89.6 cm³/mol. The molecule has 0 bridgehead atoms. The summed E-state index contributed by atoms with van der Waals surface area (Å²) >= 11 is 11.8. The molecule has 1 aliphatic rings. The Morgan fingerprint density at radius 3 is 2.74 bits per heavy atom. The summed E-state index contributed by atoms with van der Waals surface area (Å²) in [6.07, 6.45) is -0.546. The van der Waals surface area contributed by atoms with E-state index in [2.05, 4.69) is 10.6 Å². The number of carbonyl (C=O) groups is 2. The maximum atomic E-state index is 12.3. The molecule has 2 N–H and O–H groups in total. The maximum Gasteiger partial charge on any atom is 0.265 e. The van der Waals surface area contributed by atoms with Gasteiger partial charge in [0, 0.05) is 10.7 Å². The van der Waals surface area contributed by atoms with Crippen LogP contribution in [0.4, 0.5) is 11.4 Å². The van der Waals surface area contributed by atoms with E-state index in [1.165, 1.54) is 6.07 Å². The van der Waals surface area contributed by atoms with Gasteiger partial charge in [-0.2, -0.15) is 0 Å². The molecule has 5 nitrogen and oxygen atoms in total. The van der Waals surface area contributed by atoms with Crippen molar-refractivity contribution < 1.29 is 14.3 Å². The molecule has 0 saturated heterocycles. The second-order valence-electron chi connectivity index (χ2n) is 5.04. The summed E-state index contributed by atoms with van der Waals surface area (Å²) in [5.74, 6) is -0.0515. The maximum absolute atomic E-state index is 12.3. The molecule has 3 rings (SSSR count). The molecule has 2 aromatic rings. The summed E-state index contributed by atoms with van der Waals surface area (Å²) < 4.78 is 5.46. The number of ether oxygens (including phenoxy) is 1. The van der Waals surface area contributed by atoms with E-state index in [1.807, 2.05) is 0 Å². The third-order valence-electron chi connectivity index (χ3n) is 3.34. The molecule has 2 aromatic carbocycles. The van der Waals surface area contributed by atoms with Gasteiger partial charge in [0.1, 0.15) is 5.75 Å². The number of carbonyl (C=O) groups excluding carboxylic acids is 2. The van der Waals surface area contributed by atoms with Gasteiger partial charge in [-0.15, -0.1) is 0 Å². The van der Waals surface area contributed by atoms with E-state index in [-0.39, 0.29) is 16.8 Å². The van der Waals surface area contributed by atoms with Crippen LogP contribution in [-0.4, -0.2) is 17.9 Å². The van der Waals surface area contributed by atoms with Crippen LogP contribution < -0.4 is 15.4 Å². The zero-order valence-corrected chi connectivity index (χ0v) is 13.5. The Balaban J connectivity index is 1.82. The molecule has 23 heavy (non-hydrogen) atoms. The molecule has 0 aromatic heterocycles. The quantitative estimate of drug-likeness (QED) is 0.861. The molecule has 118 valence electrons. The second-order valence-corrected chi connectivity index (χ2v) is 5.88. The lowest BCUT2D eigenvalue weighted by molar-refractivity contribution is -0.122. The van der Waals surface area contributed by atoms with E-state index in [1.54, 1.807) is 37.3 Å². The SMILES string of the molecule is CC1Oc2ccc(NC(=O)c3ccc(Cl)cc3Cl)cc2NC1=O. The van der Waals surface area contributed by atoms with Gasteiger partial charge in [-0.3, -0.25) is 9.59 Å². The number of fused-ring (bicyclic) bond motifs is 1. The smallest absolute Gasteiger partial charge is 0.265 e. The van der Waals surface area contributed by atoms with E-state index < -0.39 is 6.10 Å². The fourth-order valence-electron chi connectivity index (χ4n) is 2.16. The highest BCUT2D eigenvalue weighted by atomic mass is 35.5. The van der Waals surface area contributed by atoms with Gasteiger partial charge in [-0.25, -0.2) is 0 Å². The first-order valence-electron chi connectivity index (χ1n) is 6.82. The predicted octanol–water partition coefficient (Wildman–Crippen LogP) is 3.97. The lowest BCUT2D eigenvalue weighted by Gasteiger charge is -2.23. The highest BCUT2D eigenvalue weighted by Crippen LogP contribution is 2.32. The molecular formula is C16H12Cl2N2O3. The monoisotopic (exact) mass is 350 g/mol. The standard InChI is InChI=1S/C16H12Cl2N2O3/c1-8-15(21)20-13-7-10(3-5-14(13)23-8)19-16(22)11-4-2-9(17)6-12(11)18/h2-8H,1H3,(H,19,22)(H,20,21). The van der Waals surface area contributed by atoms with Gasteiger partial charge in [0.2, 0.25) is 0 Å². The average molecular weight is 351 g/mol. The molecule has 7 heteroatoms. The van der Waals surface area contributed by atoms with Crippen molar-refractivity contribution in [1.29, 1.82) is 0 Å². The Bertz CT molecular complexity index is 808. The number of halogens is 2. The van der Waals surface area contributed by atoms with Crippen LogP contribution in [0.25, 0.3) is 0 Å². The number of amides is 2. The summed E-state index contributed by atoms with van der Waals surface area (Å²) in [5, 5.41) is 6.16. The van der Waals surface area contributed by atoms with E-state index in [0.717, 1.165) is 0 Å². The third kappa shape index (κ3) is 3.25. The Hall–Kier alpha value is -2.24. The number of hydrogen-bond acceptors (Lipinski definition) is 3. The molecule has 1 unspecified atom stereocenters. The van der Waals surface area contributed by atoms with Gasteiger partial charge in [-0.05, 0) is 43.3 Å². The average Bonchev–Trinajstić information content (AvgIpc) is 2.48. The Labute approximate surface area is 142 Å². The number of rotatable bonds is 2. The van der Waals surface area contributed by atoms with Crippen molar-refractivity contribution in [2.24, 2.45) is 0 Å². The van der Waals surface area contributed by atoms with Crippen LogP contribution in [0.5, 0.6) is 5.75 Å². The van der Waals surface area contributed by atoms with Gasteiger partial charge in [-0.1, -0.05) is 23.2 Å². The van der Waals surface area contributed by atoms with E-state index in [4.69, 9.17) is 27.9 Å². The summed E-state index contributed by atoms with van der Waals surface area (Å²) in [6.45, 7) is 1.66. The first-order chi connectivity index (χ1) is 10.9. The van der Waals surface area contributed by atoms with Crippen molar-refractivity contribution in [2.75, 3.05) is 10.6 Å². The van der Waals surface area contributed by atoms with Gasteiger partial charge < -0.3 is 15.4 Å². The largest absolute Gasteiger partial charge is 0.479 e. The Morgan fingerprint density at radius 2 is 2.00 bits per heavy atom. The molecule has 0 aliphatic carbocycles. The molecule has 0 fully saturated rings. The number of benzene rings is 2. The fraction of sp³-hybridized carbons (Fsp3) is 0.125. The number of anilines is 2. The van der Waals surface area contributed by atoms with E-state index in [9.17, 15) is 9.59 Å². The molecule has 1 aliphatic heterocycles. The van der Waals surface area contributed by atoms with Crippen LogP contribution in [0.1, 0.15) is 17.3 Å². The van der Waals surface area contributed by atoms with Crippen LogP contribution in [0.3, 0.4) is 0 Å². The fourth-order valence-corrected chi connectivity index (χ4v) is 2.65. The van der Waals surface area contributed by atoms with Crippen molar-refractivity contribution in [3.05, 3.63) is 52.0 Å². The van der Waals surface area contributed by atoms with Gasteiger partial charge >= 0.3 is 0 Å². The summed E-state index contributed by atoms with van der Waals surface area (Å²) in [5.41, 5.74) is 1.33. The topological polar surface area (TPSA) is 67.4 Å². The minimum Gasteiger partial charge on any atom is -0.479 e. The van der Waals surface area contributed by atoms with E-state index in [0.29, 0.717) is 27.7 Å². The molecule has 0 spiro atoms. The van der Waals surface area contributed by atoms with Crippen LogP contribution in [0, 0.1) is 0 Å². The lowest BCUT2D eigenvalue weighted by Crippen LogP contribution is -2.34. The van der Waals surface area contributed by atoms with Crippen molar-refractivity contribution >= 4 is 46.4 Å². The van der Waals surface area contributed by atoms with Crippen molar-refractivity contribution in [3.8, 4) is 5.75 Å². The van der Waals surface area contributed by atoms with Crippen molar-refractivity contribution in [3.63, 3.8) is 0 Å².